The number of halogens is 3. The van der Waals surface area contributed by atoms with E-state index in [0.717, 1.165) is 24.3 Å². The summed E-state index contributed by atoms with van der Waals surface area (Å²) >= 11 is 0. The number of anilines is 1. The van der Waals surface area contributed by atoms with Crippen LogP contribution in [-0.4, -0.2) is 11.8 Å². The van der Waals surface area contributed by atoms with Gasteiger partial charge in [-0.1, -0.05) is 6.07 Å². The third-order valence-corrected chi connectivity index (χ3v) is 3.99. The number of primary amides is 1. The Labute approximate surface area is 135 Å². The number of carbonyl (C=O) groups excluding carboxylic acids is 2. The summed E-state index contributed by atoms with van der Waals surface area (Å²) in [6.45, 7) is 0. The van der Waals surface area contributed by atoms with Crippen molar-refractivity contribution in [3.05, 3.63) is 65.0 Å². The van der Waals surface area contributed by atoms with Crippen LogP contribution in [0, 0.1) is 23.4 Å². The number of benzene rings is 2. The number of carbonyl (C=O) groups is 2. The molecule has 0 aromatic heterocycles. The van der Waals surface area contributed by atoms with Gasteiger partial charge in [0.2, 0.25) is 5.91 Å². The zero-order valence-electron chi connectivity index (χ0n) is 12.4. The van der Waals surface area contributed by atoms with Gasteiger partial charge in [-0.25, -0.2) is 13.2 Å². The molecule has 2 aromatic rings. The van der Waals surface area contributed by atoms with Gasteiger partial charge in [0.05, 0.1) is 5.56 Å². The number of amides is 2. The molecule has 2 amide bonds. The lowest BCUT2D eigenvalue weighted by Crippen LogP contribution is -2.17. The Morgan fingerprint density at radius 1 is 1.04 bits per heavy atom. The molecule has 0 radical (unpaired) electrons. The minimum atomic E-state index is -0.943. The van der Waals surface area contributed by atoms with E-state index in [1.54, 1.807) is 0 Å². The number of hydrogen-bond acceptors (Lipinski definition) is 2. The van der Waals surface area contributed by atoms with Crippen molar-refractivity contribution in [2.45, 2.75) is 12.3 Å². The van der Waals surface area contributed by atoms with Gasteiger partial charge < -0.3 is 11.1 Å². The lowest BCUT2D eigenvalue weighted by molar-refractivity contribution is -0.117. The van der Waals surface area contributed by atoms with Crippen LogP contribution in [0.3, 0.4) is 0 Å². The molecule has 1 saturated carbocycles. The van der Waals surface area contributed by atoms with Crippen LogP contribution >= 0.6 is 0 Å². The average molecular weight is 334 g/mol. The predicted molar refractivity (Wildman–Crippen MR) is 80.8 cm³/mol. The van der Waals surface area contributed by atoms with E-state index in [1.165, 1.54) is 12.1 Å². The first-order valence-corrected chi connectivity index (χ1v) is 7.22. The van der Waals surface area contributed by atoms with Gasteiger partial charge in [-0.15, -0.1) is 0 Å². The summed E-state index contributed by atoms with van der Waals surface area (Å²) in [6, 6.07) is 6.72. The molecule has 124 valence electrons. The minimum absolute atomic E-state index is 0.223. The van der Waals surface area contributed by atoms with E-state index < -0.39 is 29.3 Å². The lowest BCUT2D eigenvalue weighted by Gasteiger charge is -2.07. The van der Waals surface area contributed by atoms with Crippen molar-refractivity contribution in [1.82, 2.24) is 0 Å². The van der Waals surface area contributed by atoms with Crippen molar-refractivity contribution in [2.75, 3.05) is 5.32 Å². The molecule has 2 aromatic carbocycles. The quantitative estimate of drug-likeness (QED) is 0.902. The van der Waals surface area contributed by atoms with Gasteiger partial charge in [-0.2, -0.15) is 0 Å². The average Bonchev–Trinajstić information content (AvgIpc) is 3.29. The lowest BCUT2D eigenvalue weighted by atomic mass is 10.1. The molecule has 3 rings (SSSR count). The summed E-state index contributed by atoms with van der Waals surface area (Å²) in [7, 11) is 0. The van der Waals surface area contributed by atoms with E-state index in [0.29, 0.717) is 6.42 Å². The summed E-state index contributed by atoms with van der Waals surface area (Å²) in [5.41, 5.74) is 5.23. The fourth-order valence-electron chi connectivity index (χ4n) is 2.66. The highest BCUT2D eigenvalue weighted by atomic mass is 19.1. The van der Waals surface area contributed by atoms with Gasteiger partial charge in [-0.3, -0.25) is 9.59 Å². The molecule has 0 heterocycles. The van der Waals surface area contributed by atoms with Gasteiger partial charge in [0.25, 0.3) is 5.91 Å². The van der Waals surface area contributed by atoms with Gasteiger partial charge in [0.1, 0.15) is 17.5 Å². The highest BCUT2D eigenvalue weighted by Crippen LogP contribution is 2.48. The first-order chi connectivity index (χ1) is 11.4. The molecule has 1 fully saturated rings. The SMILES string of the molecule is NC(=O)c1cc(NC(=O)[C@@H]2C[C@@H]2c2ccc(F)cc2F)ccc1F. The van der Waals surface area contributed by atoms with E-state index in [1.807, 2.05) is 0 Å². The van der Waals surface area contributed by atoms with Crippen molar-refractivity contribution in [3.8, 4) is 0 Å². The van der Waals surface area contributed by atoms with Crippen molar-refractivity contribution in [3.63, 3.8) is 0 Å². The largest absolute Gasteiger partial charge is 0.366 e. The second kappa shape index (κ2) is 5.99. The van der Waals surface area contributed by atoms with E-state index in [2.05, 4.69) is 5.32 Å². The molecule has 1 aliphatic carbocycles. The topological polar surface area (TPSA) is 72.2 Å². The summed E-state index contributed by atoms with van der Waals surface area (Å²) in [4.78, 5) is 23.3. The standard InChI is InChI=1S/C17H13F3N2O2/c18-8-1-3-10(15(20)5-8)11-7-12(11)17(24)22-9-2-4-14(19)13(6-9)16(21)23/h1-6,11-12H,7H2,(H2,21,23)(H,22,24)/t11-,12-/m1/s1. The number of nitrogens with one attached hydrogen (secondary N) is 1. The normalized spacial score (nSPS) is 19.0. The number of hydrogen-bond donors (Lipinski definition) is 2. The number of rotatable bonds is 4. The Morgan fingerprint density at radius 2 is 1.79 bits per heavy atom. The second-order valence-corrected chi connectivity index (χ2v) is 5.66. The third kappa shape index (κ3) is 3.10. The van der Waals surface area contributed by atoms with Gasteiger partial charge in [-0.05, 0) is 42.2 Å². The van der Waals surface area contributed by atoms with Crippen LogP contribution in [-0.2, 0) is 4.79 Å². The molecular weight excluding hydrogens is 321 g/mol. The molecule has 2 atom stereocenters. The first-order valence-electron chi connectivity index (χ1n) is 7.22. The fourth-order valence-corrected chi connectivity index (χ4v) is 2.66. The Bertz CT molecular complexity index is 839. The predicted octanol–water partition coefficient (Wildman–Crippen LogP) is 2.95. The van der Waals surface area contributed by atoms with Crippen LogP contribution in [0.4, 0.5) is 18.9 Å². The maximum Gasteiger partial charge on any atom is 0.251 e. The maximum atomic E-state index is 13.7. The number of nitrogens with two attached hydrogens (primary N) is 1. The summed E-state index contributed by atoms with van der Waals surface area (Å²) in [5.74, 6) is -4.27. The molecule has 0 bridgehead atoms. The van der Waals surface area contributed by atoms with Crippen molar-refractivity contribution in [2.24, 2.45) is 11.7 Å². The van der Waals surface area contributed by atoms with Crippen LogP contribution in [0.1, 0.15) is 28.3 Å². The van der Waals surface area contributed by atoms with Crippen LogP contribution in [0.5, 0.6) is 0 Å². The van der Waals surface area contributed by atoms with Gasteiger partial charge in [0.15, 0.2) is 0 Å². The monoisotopic (exact) mass is 334 g/mol. The second-order valence-electron chi connectivity index (χ2n) is 5.66. The molecule has 7 heteroatoms. The van der Waals surface area contributed by atoms with Crippen molar-refractivity contribution in [1.29, 1.82) is 0 Å². The zero-order valence-corrected chi connectivity index (χ0v) is 12.4. The molecule has 0 saturated heterocycles. The Kier molecular flexibility index (Phi) is 4.01. The third-order valence-electron chi connectivity index (χ3n) is 3.99. The maximum absolute atomic E-state index is 13.7. The zero-order chi connectivity index (χ0) is 17.4. The summed E-state index contributed by atoms with van der Waals surface area (Å²) in [5, 5.41) is 2.55. The van der Waals surface area contributed by atoms with Gasteiger partial charge in [0, 0.05) is 17.7 Å². The van der Waals surface area contributed by atoms with E-state index in [-0.39, 0.29) is 28.6 Å². The Hall–Kier alpha value is -2.83. The summed E-state index contributed by atoms with van der Waals surface area (Å²) in [6.07, 6.45) is 0.429. The molecule has 0 aliphatic heterocycles. The molecular formula is C17H13F3N2O2. The molecule has 24 heavy (non-hydrogen) atoms. The van der Waals surface area contributed by atoms with Crippen molar-refractivity contribution >= 4 is 17.5 Å². The van der Waals surface area contributed by atoms with Crippen molar-refractivity contribution < 1.29 is 22.8 Å². The van der Waals surface area contributed by atoms with Crippen LogP contribution < -0.4 is 11.1 Å². The van der Waals surface area contributed by atoms with E-state index in [9.17, 15) is 22.8 Å². The smallest absolute Gasteiger partial charge is 0.251 e. The Morgan fingerprint density at radius 3 is 2.46 bits per heavy atom. The highest BCUT2D eigenvalue weighted by molar-refractivity contribution is 5.98. The summed E-state index contributed by atoms with van der Waals surface area (Å²) < 4.78 is 40.1. The van der Waals surface area contributed by atoms with Crippen LogP contribution in [0.15, 0.2) is 36.4 Å². The van der Waals surface area contributed by atoms with Gasteiger partial charge >= 0.3 is 0 Å². The Balaban J connectivity index is 1.71. The molecule has 0 unspecified atom stereocenters. The minimum Gasteiger partial charge on any atom is -0.366 e. The fraction of sp³-hybridized carbons (Fsp3) is 0.176. The molecule has 4 nitrogen and oxygen atoms in total. The van der Waals surface area contributed by atoms with E-state index >= 15 is 0 Å². The molecule has 1 aliphatic rings. The van der Waals surface area contributed by atoms with Crippen LogP contribution in [0.25, 0.3) is 0 Å². The first kappa shape index (κ1) is 16.0. The highest BCUT2D eigenvalue weighted by Gasteiger charge is 2.45. The molecule has 3 N–H and O–H groups in total. The van der Waals surface area contributed by atoms with Crippen LogP contribution in [0.2, 0.25) is 0 Å². The molecule has 0 spiro atoms. The van der Waals surface area contributed by atoms with E-state index in [4.69, 9.17) is 5.73 Å².